The quantitative estimate of drug-likeness (QED) is 0.165. The van der Waals surface area contributed by atoms with Crippen LogP contribution >= 0.6 is 0 Å². The molecule has 0 aromatic carbocycles. The maximum absolute atomic E-state index is 12.8. The second kappa shape index (κ2) is 12.8. The monoisotopic (exact) mass is 445 g/mol. The fraction of sp³-hybridized carbons (Fsp3) is 0.737. The molecule has 0 saturated heterocycles. The lowest BCUT2D eigenvalue weighted by Gasteiger charge is -2.29. The number of carbonyl (C=O) groups excluding carboxylic acids is 4. The van der Waals surface area contributed by atoms with E-state index in [0.29, 0.717) is 6.42 Å². The molecule has 6 unspecified atom stereocenters. The third-order valence-electron chi connectivity index (χ3n) is 4.90. The van der Waals surface area contributed by atoms with Crippen LogP contribution in [0.1, 0.15) is 47.5 Å². The van der Waals surface area contributed by atoms with E-state index in [1.165, 1.54) is 6.92 Å². The van der Waals surface area contributed by atoms with Crippen molar-refractivity contribution >= 4 is 29.6 Å². The molecular weight excluding hydrogens is 410 g/mol. The highest BCUT2D eigenvalue weighted by Gasteiger charge is 2.34. The number of aliphatic carboxylic acids is 1. The highest BCUT2D eigenvalue weighted by atomic mass is 16.4. The van der Waals surface area contributed by atoms with Crippen molar-refractivity contribution in [2.75, 3.05) is 0 Å². The molecule has 0 rings (SSSR count). The number of nitrogens with one attached hydrogen (secondary N) is 3. The number of hydrogen-bond donors (Lipinski definition) is 7. The Bertz CT molecular complexity index is 668. The Labute approximate surface area is 181 Å². The Morgan fingerprint density at radius 2 is 1.35 bits per heavy atom. The van der Waals surface area contributed by atoms with Crippen LogP contribution in [-0.2, 0) is 24.0 Å². The number of amides is 4. The predicted molar refractivity (Wildman–Crippen MR) is 111 cm³/mol. The molecule has 0 aromatic rings. The van der Waals surface area contributed by atoms with Gasteiger partial charge in [0, 0.05) is 0 Å². The lowest BCUT2D eigenvalue weighted by atomic mass is 9.96. The number of carboxylic acids is 1. The van der Waals surface area contributed by atoms with Crippen LogP contribution in [0.5, 0.6) is 0 Å². The normalized spacial score (nSPS) is 16.9. The van der Waals surface area contributed by atoms with Gasteiger partial charge in [-0.05, 0) is 18.8 Å². The zero-order valence-electron chi connectivity index (χ0n) is 18.5. The van der Waals surface area contributed by atoms with Crippen molar-refractivity contribution in [2.24, 2.45) is 23.3 Å². The molecule has 0 spiro atoms. The number of aliphatic hydroxyl groups is 1. The van der Waals surface area contributed by atoms with E-state index in [-0.39, 0.29) is 11.8 Å². The Kier molecular flexibility index (Phi) is 11.7. The van der Waals surface area contributed by atoms with Crippen LogP contribution in [0.3, 0.4) is 0 Å². The zero-order valence-corrected chi connectivity index (χ0v) is 18.5. The standard InChI is InChI=1S/C19H35N5O7/c1-6-9(4)14(23-16(27)13(21)8(2)3)17(28)24-15(10(5)25)18(29)22-11(19(30)31)7-12(20)26/h8-11,13-15,25H,6-7,21H2,1-5H3,(H2,20,26)(H,22,29)(H,23,27)(H,24,28)(H,30,31). The average molecular weight is 446 g/mol. The van der Waals surface area contributed by atoms with Gasteiger partial charge in [0.05, 0.1) is 18.6 Å². The van der Waals surface area contributed by atoms with E-state index in [9.17, 15) is 29.1 Å². The molecule has 178 valence electrons. The molecule has 0 heterocycles. The van der Waals surface area contributed by atoms with Gasteiger partial charge >= 0.3 is 5.97 Å². The lowest BCUT2D eigenvalue weighted by molar-refractivity contribution is -0.144. The van der Waals surface area contributed by atoms with Gasteiger partial charge in [-0.25, -0.2) is 4.79 Å². The van der Waals surface area contributed by atoms with Gasteiger partial charge in [-0.15, -0.1) is 0 Å². The summed E-state index contributed by atoms with van der Waals surface area (Å²) in [5.74, 6) is -5.27. The van der Waals surface area contributed by atoms with Crippen LogP contribution in [0.25, 0.3) is 0 Å². The highest BCUT2D eigenvalue weighted by Crippen LogP contribution is 2.10. The second-order valence-corrected chi connectivity index (χ2v) is 7.94. The first-order valence-electron chi connectivity index (χ1n) is 10.1. The van der Waals surface area contributed by atoms with Gasteiger partial charge in [0.1, 0.15) is 18.1 Å². The number of primary amides is 1. The van der Waals surface area contributed by atoms with Crippen molar-refractivity contribution in [3.8, 4) is 0 Å². The van der Waals surface area contributed by atoms with Gasteiger partial charge < -0.3 is 37.6 Å². The zero-order chi connectivity index (χ0) is 24.5. The van der Waals surface area contributed by atoms with Gasteiger partial charge in [-0.2, -0.15) is 0 Å². The van der Waals surface area contributed by atoms with Crippen LogP contribution in [0.4, 0.5) is 0 Å². The number of carbonyl (C=O) groups is 5. The van der Waals surface area contributed by atoms with Gasteiger partial charge in [0.2, 0.25) is 23.6 Å². The van der Waals surface area contributed by atoms with E-state index in [4.69, 9.17) is 16.6 Å². The van der Waals surface area contributed by atoms with E-state index in [1.54, 1.807) is 27.7 Å². The summed E-state index contributed by atoms with van der Waals surface area (Å²) in [6.07, 6.45) is -1.56. The lowest BCUT2D eigenvalue weighted by Crippen LogP contribution is -2.61. The molecule has 31 heavy (non-hydrogen) atoms. The number of rotatable bonds is 13. The highest BCUT2D eigenvalue weighted by molar-refractivity contribution is 5.95. The molecule has 0 aromatic heterocycles. The number of nitrogens with two attached hydrogens (primary N) is 2. The van der Waals surface area contributed by atoms with Crippen LogP contribution in [-0.4, -0.2) is 70.1 Å². The summed E-state index contributed by atoms with van der Waals surface area (Å²) in [5, 5.41) is 26.1. The summed E-state index contributed by atoms with van der Waals surface area (Å²) in [6.45, 7) is 8.25. The number of carboxylic acid groups (broad SMARTS) is 1. The van der Waals surface area contributed by atoms with Crippen LogP contribution < -0.4 is 27.4 Å². The molecule has 12 heteroatoms. The van der Waals surface area contributed by atoms with E-state index in [1.807, 2.05) is 0 Å². The molecule has 0 aliphatic carbocycles. The molecule has 0 radical (unpaired) electrons. The fourth-order valence-corrected chi connectivity index (χ4v) is 2.57. The molecule has 9 N–H and O–H groups in total. The molecule has 0 fully saturated rings. The third kappa shape index (κ3) is 9.30. The summed E-state index contributed by atoms with van der Waals surface area (Å²) in [5.41, 5.74) is 10.8. The van der Waals surface area contributed by atoms with Crippen molar-refractivity contribution in [3.05, 3.63) is 0 Å². The molecule has 4 amide bonds. The minimum Gasteiger partial charge on any atom is -0.480 e. The molecule has 0 aliphatic heterocycles. The third-order valence-corrected chi connectivity index (χ3v) is 4.90. The Morgan fingerprint density at radius 1 is 0.871 bits per heavy atom. The predicted octanol–water partition coefficient (Wildman–Crippen LogP) is -2.19. The van der Waals surface area contributed by atoms with Crippen LogP contribution in [0.2, 0.25) is 0 Å². The van der Waals surface area contributed by atoms with Gasteiger partial charge in [0.15, 0.2) is 0 Å². The van der Waals surface area contributed by atoms with Crippen LogP contribution in [0, 0.1) is 11.8 Å². The first-order chi connectivity index (χ1) is 14.2. The largest absolute Gasteiger partial charge is 0.480 e. The van der Waals surface area contributed by atoms with E-state index >= 15 is 0 Å². The van der Waals surface area contributed by atoms with Gasteiger partial charge in [-0.1, -0.05) is 34.1 Å². The second-order valence-electron chi connectivity index (χ2n) is 7.94. The number of hydrogen-bond acceptors (Lipinski definition) is 7. The Morgan fingerprint density at radius 3 is 1.74 bits per heavy atom. The van der Waals surface area contributed by atoms with E-state index in [2.05, 4.69) is 16.0 Å². The Hall–Kier alpha value is -2.73. The van der Waals surface area contributed by atoms with Crippen molar-refractivity contribution in [2.45, 2.75) is 77.7 Å². The minimum absolute atomic E-state index is 0.171. The summed E-state index contributed by atoms with van der Waals surface area (Å²) >= 11 is 0. The van der Waals surface area contributed by atoms with E-state index in [0.717, 1.165) is 0 Å². The number of aliphatic hydroxyl groups excluding tert-OH is 1. The summed E-state index contributed by atoms with van der Waals surface area (Å²) in [7, 11) is 0. The summed E-state index contributed by atoms with van der Waals surface area (Å²) < 4.78 is 0. The first kappa shape index (κ1) is 28.3. The van der Waals surface area contributed by atoms with Crippen LogP contribution in [0.15, 0.2) is 0 Å². The van der Waals surface area contributed by atoms with Gasteiger partial charge in [-0.3, -0.25) is 19.2 Å². The maximum Gasteiger partial charge on any atom is 0.326 e. The SMILES string of the molecule is CCC(C)C(NC(=O)C(N)C(C)C)C(=O)NC(C(=O)NC(CC(N)=O)C(=O)O)C(C)O. The summed E-state index contributed by atoms with van der Waals surface area (Å²) in [4.78, 5) is 59.9. The van der Waals surface area contributed by atoms with Crippen molar-refractivity contribution in [1.82, 2.24) is 16.0 Å². The van der Waals surface area contributed by atoms with Crippen molar-refractivity contribution in [3.63, 3.8) is 0 Å². The van der Waals surface area contributed by atoms with Crippen molar-refractivity contribution < 1.29 is 34.2 Å². The smallest absolute Gasteiger partial charge is 0.326 e. The fourth-order valence-electron chi connectivity index (χ4n) is 2.57. The average Bonchev–Trinajstić information content (AvgIpc) is 2.66. The minimum atomic E-state index is -1.63. The molecular formula is C19H35N5O7. The summed E-state index contributed by atoms with van der Waals surface area (Å²) in [6, 6.07) is -5.06. The molecule has 6 atom stereocenters. The molecule has 0 aliphatic rings. The first-order valence-corrected chi connectivity index (χ1v) is 10.1. The topological polar surface area (TPSA) is 214 Å². The van der Waals surface area contributed by atoms with Gasteiger partial charge in [0.25, 0.3) is 0 Å². The molecule has 0 bridgehead atoms. The molecule has 12 nitrogen and oxygen atoms in total. The Balaban J connectivity index is 5.51. The van der Waals surface area contributed by atoms with E-state index < -0.39 is 66.3 Å². The molecule has 0 saturated carbocycles. The maximum atomic E-state index is 12.8. The van der Waals surface area contributed by atoms with Crippen molar-refractivity contribution in [1.29, 1.82) is 0 Å².